The zero-order chi connectivity index (χ0) is 9.68. The van der Waals surface area contributed by atoms with Gasteiger partial charge in [-0.05, 0) is 36.8 Å². The number of aryl methyl sites for hydroxylation is 2. The number of thiophene rings is 1. The quantitative estimate of drug-likeness (QED) is 0.436. The molecule has 3 nitrogen and oxygen atoms in total. The Hall–Kier alpha value is -0.870. The van der Waals surface area contributed by atoms with Crippen molar-refractivity contribution in [2.75, 3.05) is 0 Å². The third-order valence-electron chi connectivity index (χ3n) is 1.94. The van der Waals surface area contributed by atoms with E-state index in [0.717, 1.165) is 12.8 Å². The van der Waals surface area contributed by atoms with Crippen molar-refractivity contribution in [2.45, 2.75) is 26.2 Å². The van der Waals surface area contributed by atoms with Crippen LogP contribution in [0.4, 0.5) is 0 Å². The highest BCUT2D eigenvalue weighted by molar-refractivity contribution is 7.10. The van der Waals surface area contributed by atoms with Gasteiger partial charge in [0.2, 0.25) is 5.91 Å². The van der Waals surface area contributed by atoms with E-state index < -0.39 is 0 Å². The number of nitrogens with two attached hydrogens (primary N) is 1. The number of hydrazine groups is 1. The first-order valence-corrected chi connectivity index (χ1v) is 5.14. The molecule has 0 aliphatic carbocycles. The first-order valence-electron chi connectivity index (χ1n) is 4.26. The van der Waals surface area contributed by atoms with E-state index in [1.807, 2.05) is 0 Å². The molecule has 72 valence electrons. The molecule has 0 spiro atoms. The second-order valence-corrected chi connectivity index (χ2v) is 3.95. The lowest BCUT2D eigenvalue weighted by atomic mass is 10.1. The van der Waals surface area contributed by atoms with E-state index in [2.05, 4.69) is 23.8 Å². The van der Waals surface area contributed by atoms with Gasteiger partial charge >= 0.3 is 0 Å². The van der Waals surface area contributed by atoms with Crippen molar-refractivity contribution in [3.05, 3.63) is 21.9 Å². The van der Waals surface area contributed by atoms with Crippen LogP contribution in [-0.2, 0) is 11.2 Å². The Morgan fingerprint density at radius 1 is 1.69 bits per heavy atom. The lowest BCUT2D eigenvalue weighted by molar-refractivity contribution is -0.121. The molecule has 1 aromatic rings. The van der Waals surface area contributed by atoms with Crippen molar-refractivity contribution in [3.8, 4) is 0 Å². The lowest BCUT2D eigenvalue weighted by Crippen LogP contribution is -2.29. The zero-order valence-electron chi connectivity index (χ0n) is 7.67. The molecule has 0 bridgehead atoms. The van der Waals surface area contributed by atoms with Crippen LogP contribution in [0.25, 0.3) is 0 Å². The van der Waals surface area contributed by atoms with Crippen LogP contribution in [0.5, 0.6) is 0 Å². The molecule has 0 unspecified atom stereocenters. The monoisotopic (exact) mass is 198 g/mol. The van der Waals surface area contributed by atoms with Gasteiger partial charge in [0, 0.05) is 11.3 Å². The van der Waals surface area contributed by atoms with Crippen molar-refractivity contribution in [2.24, 2.45) is 5.84 Å². The van der Waals surface area contributed by atoms with E-state index in [-0.39, 0.29) is 5.91 Å². The van der Waals surface area contributed by atoms with Gasteiger partial charge in [-0.1, -0.05) is 0 Å². The second kappa shape index (κ2) is 4.99. The summed E-state index contributed by atoms with van der Waals surface area (Å²) in [4.78, 5) is 12.2. The van der Waals surface area contributed by atoms with E-state index in [1.54, 1.807) is 11.3 Å². The average molecular weight is 198 g/mol. The molecule has 1 heterocycles. The number of carbonyl (C=O) groups is 1. The molecule has 0 fully saturated rings. The predicted molar refractivity (Wildman–Crippen MR) is 54.3 cm³/mol. The Morgan fingerprint density at radius 3 is 3.00 bits per heavy atom. The summed E-state index contributed by atoms with van der Waals surface area (Å²) in [5.74, 6) is 4.88. The number of amides is 1. The third-order valence-corrected chi connectivity index (χ3v) is 3.02. The number of carbonyl (C=O) groups excluding carboxylic acids is 1. The van der Waals surface area contributed by atoms with Crippen LogP contribution in [0.15, 0.2) is 11.4 Å². The summed E-state index contributed by atoms with van der Waals surface area (Å²) in [7, 11) is 0. The molecule has 4 heteroatoms. The minimum absolute atomic E-state index is 0.0887. The SMILES string of the molecule is Cc1ccsc1CCCC(=O)NN. The van der Waals surface area contributed by atoms with Gasteiger partial charge < -0.3 is 0 Å². The van der Waals surface area contributed by atoms with Gasteiger partial charge in [-0.15, -0.1) is 11.3 Å². The van der Waals surface area contributed by atoms with Crippen molar-refractivity contribution in [3.63, 3.8) is 0 Å². The van der Waals surface area contributed by atoms with Crippen LogP contribution in [0.1, 0.15) is 23.3 Å². The first-order chi connectivity index (χ1) is 6.24. The normalized spacial score (nSPS) is 10.0. The lowest BCUT2D eigenvalue weighted by Gasteiger charge is -1.99. The van der Waals surface area contributed by atoms with Crippen LogP contribution in [-0.4, -0.2) is 5.91 Å². The molecule has 0 aliphatic heterocycles. The van der Waals surface area contributed by atoms with E-state index >= 15 is 0 Å². The maximum Gasteiger partial charge on any atom is 0.233 e. The fourth-order valence-electron chi connectivity index (χ4n) is 1.14. The van der Waals surface area contributed by atoms with Crippen LogP contribution < -0.4 is 11.3 Å². The Labute approximate surface area is 81.9 Å². The molecular formula is C9H14N2OS. The van der Waals surface area contributed by atoms with Crippen molar-refractivity contribution >= 4 is 17.2 Å². The molecule has 1 aromatic heterocycles. The Morgan fingerprint density at radius 2 is 2.46 bits per heavy atom. The molecule has 0 atom stereocenters. The maximum atomic E-state index is 10.8. The highest BCUT2D eigenvalue weighted by atomic mass is 32.1. The summed E-state index contributed by atoms with van der Waals surface area (Å²) in [5, 5.41) is 2.08. The summed E-state index contributed by atoms with van der Waals surface area (Å²) < 4.78 is 0. The number of hydrogen-bond acceptors (Lipinski definition) is 3. The van der Waals surface area contributed by atoms with Crippen LogP contribution in [0.3, 0.4) is 0 Å². The molecule has 0 aliphatic rings. The highest BCUT2D eigenvalue weighted by Crippen LogP contribution is 2.17. The second-order valence-electron chi connectivity index (χ2n) is 2.95. The number of rotatable bonds is 4. The summed E-state index contributed by atoms with van der Waals surface area (Å²) in [6, 6.07) is 2.10. The molecule has 1 rings (SSSR count). The van der Waals surface area contributed by atoms with Crippen LogP contribution in [0.2, 0.25) is 0 Å². The van der Waals surface area contributed by atoms with Crippen molar-refractivity contribution in [1.29, 1.82) is 0 Å². The summed E-state index contributed by atoms with van der Waals surface area (Å²) in [6.07, 6.45) is 2.34. The summed E-state index contributed by atoms with van der Waals surface area (Å²) >= 11 is 1.75. The predicted octanol–water partition coefficient (Wildman–Crippen LogP) is 1.37. The largest absolute Gasteiger partial charge is 0.294 e. The number of nitrogens with one attached hydrogen (secondary N) is 1. The van der Waals surface area contributed by atoms with Gasteiger partial charge in [-0.25, -0.2) is 5.84 Å². The van der Waals surface area contributed by atoms with E-state index in [4.69, 9.17) is 5.84 Å². The maximum absolute atomic E-state index is 10.8. The minimum atomic E-state index is -0.0887. The zero-order valence-corrected chi connectivity index (χ0v) is 8.49. The molecule has 3 N–H and O–H groups in total. The summed E-state index contributed by atoms with van der Waals surface area (Å²) in [5.41, 5.74) is 3.44. The first kappa shape index (κ1) is 10.2. The van der Waals surface area contributed by atoms with Crippen molar-refractivity contribution < 1.29 is 4.79 Å². The summed E-state index contributed by atoms with van der Waals surface area (Å²) in [6.45, 7) is 2.09. The molecule has 0 radical (unpaired) electrons. The van der Waals surface area contributed by atoms with Crippen LogP contribution >= 0.6 is 11.3 Å². The van der Waals surface area contributed by atoms with E-state index in [1.165, 1.54) is 10.4 Å². The molecule has 0 saturated carbocycles. The van der Waals surface area contributed by atoms with Gasteiger partial charge in [0.05, 0.1) is 0 Å². The molecular weight excluding hydrogens is 184 g/mol. The topological polar surface area (TPSA) is 55.1 Å². The van der Waals surface area contributed by atoms with Gasteiger partial charge in [0.15, 0.2) is 0 Å². The van der Waals surface area contributed by atoms with Crippen molar-refractivity contribution in [1.82, 2.24) is 5.43 Å². The van der Waals surface area contributed by atoms with Gasteiger partial charge in [-0.2, -0.15) is 0 Å². The Bertz CT molecular complexity index is 283. The van der Waals surface area contributed by atoms with Gasteiger partial charge in [0.25, 0.3) is 0 Å². The fraction of sp³-hybridized carbons (Fsp3) is 0.444. The van der Waals surface area contributed by atoms with Gasteiger partial charge in [-0.3, -0.25) is 10.2 Å². The average Bonchev–Trinajstić information content (AvgIpc) is 2.52. The molecule has 13 heavy (non-hydrogen) atoms. The minimum Gasteiger partial charge on any atom is -0.294 e. The molecule has 0 aromatic carbocycles. The van der Waals surface area contributed by atoms with Gasteiger partial charge in [0.1, 0.15) is 0 Å². The molecule has 1 amide bonds. The standard InChI is InChI=1S/C9H14N2OS/c1-7-5-6-13-8(7)3-2-4-9(12)11-10/h5-6H,2-4,10H2,1H3,(H,11,12). The molecule has 0 saturated heterocycles. The smallest absolute Gasteiger partial charge is 0.233 e. The Kier molecular flexibility index (Phi) is 3.92. The van der Waals surface area contributed by atoms with E-state index in [9.17, 15) is 4.79 Å². The van der Waals surface area contributed by atoms with Crippen LogP contribution in [0, 0.1) is 6.92 Å². The van der Waals surface area contributed by atoms with E-state index in [0.29, 0.717) is 6.42 Å². The fourth-order valence-corrected chi connectivity index (χ4v) is 2.09. The highest BCUT2D eigenvalue weighted by Gasteiger charge is 2.02. The third kappa shape index (κ3) is 3.16. The number of hydrogen-bond donors (Lipinski definition) is 2. The Balaban J connectivity index is 2.28.